The fourth-order valence-electron chi connectivity index (χ4n) is 1.43. The molecule has 0 aliphatic heterocycles. The van der Waals surface area contributed by atoms with Gasteiger partial charge < -0.3 is 15.2 Å². The lowest BCUT2D eigenvalue weighted by molar-refractivity contribution is 0.413. The zero-order valence-electron chi connectivity index (χ0n) is 9.61. The van der Waals surface area contributed by atoms with Crippen molar-refractivity contribution in [2.24, 2.45) is 0 Å². The van der Waals surface area contributed by atoms with Gasteiger partial charge in [0.05, 0.1) is 17.8 Å². The van der Waals surface area contributed by atoms with Crippen LogP contribution in [0.5, 0.6) is 17.2 Å². The molecule has 0 atom stereocenters. The number of halogens is 2. The lowest BCUT2D eigenvalue weighted by Gasteiger charge is -2.11. The summed E-state index contributed by atoms with van der Waals surface area (Å²) in [5.74, 6) is 1.62. The van der Waals surface area contributed by atoms with Crippen LogP contribution in [0.4, 0.5) is 5.69 Å². The molecule has 0 saturated heterocycles. The molecule has 2 aromatic carbocycles. The molecular formula is C13H11Cl2NO2. The summed E-state index contributed by atoms with van der Waals surface area (Å²) in [6.07, 6.45) is 0. The van der Waals surface area contributed by atoms with Crippen LogP contribution in [0.3, 0.4) is 0 Å². The Labute approximate surface area is 115 Å². The van der Waals surface area contributed by atoms with Gasteiger partial charge in [-0.25, -0.2) is 0 Å². The number of hydrogen-bond donors (Lipinski definition) is 1. The molecular weight excluding hydrogens is 273 g/mol. The van der Waals surface area contributed by atoms with E-state index in [4.69, 9.17) is 38.4 Å². The van der Waals surface area contributed by atoms with E-state index < -0.39 is 0 Å². The van der Waals surface area contributed by atoms with Gasteiger partial charge >= 0.3 is 0 Å². The Hall–Kier alpha value is -1.58. The van der Waals surface area contributed by atoms with E-state index in [-0.39, 0.29) is 0 Å². The smallest absolute Gasteiger partial charge is 0.150 e. The van der Waals surface area contributed by atoms with Crippen molar-refractivity contribution in [3.8, 4) is 17.2 Å². The van der Waals surface area contributed by atoms with Gasteiger partial charge in [0.25, 0.3) is 0 Å². The van der Waals surface area contributed by atoms with Crippen LogP contribution >= 0.6 is 23.2 Å². The van der Waals surface area contributed by atoms with E-state index in [1.165, 1.54) is 0 Å². The van der Waals surface area contributed by atoms with Crippen molar-refractivity contribution in [1.82, 2.24) is 0 Å². The molecule has 2 aromatic rings. The van der Waals surface area contributed by atoms with Gasteiger partial charge in [-0.15, -0.1) is 0 Å². The molecule has 0 radical (unpaired) electrons. The first-order valence-electron chi connectivity index (χ1n) is 5.17. The molecule has 5 heteroatoms. The van der Waals surface area contributed by atoms with Crippen LogP contribution < -0.4 is 15.2 Å². The molecule has 94 valence electrons. The largest absolute Gasteiger partial charge is 0.497 e. The van der Waals surface area contributed by atoms with Crippen LogP contribution in [0.15, 0.2) is 36.4 Å². The maximum Gasteiger partial charge on any atom is 0.150 e. The quantitative estimate of drug-likeness (QED) is 0.851. The molecule has 0 unspecified atom stereocenters. The summed E-state index contributed by atoms with van der Waals surface area (Å²) in [6.45, 7) is 0. The summed E-state index contributed by atoms with van der Waals surface area (Å²) in [5.41, 5.74) is 6.32. The van der Waals surface area contributed by atoms with E-state index in [1.807, 2.05) is 0 Å². The van der Waals surface area contributed by atoms with Crippen LogP contribution in [-0.4, -0.2) is 7.11 Å². The second-order valence-corrected chi connectivity index (χ2v) is 4.34. The van der Waals surface area contributed by atoms with E-state index in [0.717, 1.165) is 0 Å². The second kappa shape index (κ2) is 5.38. The molecule has 0 fully saturated rings. The minimum Gasteiger partial charge on any atom is -0.497 e. The summed E-state index contributed by atoms with van der Waals surface area (Å²) < 4.78 is 10.7. The summed E-state index contributed by atoms with van der Waals surface area (Å²) >= 11 is 11.9. The molecule has 18 heavy (non-hydrogen) atoms. The summed E-state index contributed by atoms with van der Waals surface area (Å²) in [5, 5.41) is 0.788. The molecule has 0 heterocycles. The molecule has 0 spiro atoms. The molecule has 0 aliphatic rings. The minimum absolute atomic E-state index is 0.356. The van der Waals surface area contributed by atoms with Crippen LogP contribution in [0.1, 0.15) is 0 Å². The first kappa shape index (κ1) is 12.9. The molecule has 3 nitrogen and oxygen atoms in total. The minimum atomic E-state index is 0.356. The Morgan fingerprint density at radius 3 is 2.50 bits per heavy atom. The highest BCUT2D eigenvalue weighted by atomic mass is 35.5. The molecule has 0 amide bonds. The Balaban J connectivity index is 2.31. The number of anilines is 1. The van der Waals surface area contributed by atoms with Crippen molar-refractivity contribution in [3.63, 3.8) is 0 Å². The average molecular weight is 284 g/mol. The average Bonchev–Trinajstić information content (AvgIpc) is 2.37. The van der Waals surface area contributed by atoms with Crippen molar-refractivity contribution in [1.29, 1.82) is 0 Å². The van der Waals surface area contributed by atoms with Crippen LogP contribution in [0.2, 0.25) is 10.0 Å². The van der Waals surface area contributed by atoms with Crippen LogP contribution in [-0.2, 0) is 0 Å². The number of hydrogen-bond acceptors (Lipinski definition) is 3. The number of ether oxygens (including phenoxy) is 2. The highest BCUT2D eigenvalue weighted by molar-refractivity contribution is 6.42. The number of rotatable bonds is 3. The number of methoxy groups -OCH3 is 1. The normalized spacial score (nSPS) is 10.2. The molecule has 2 rings (SSSR count). The van der Waals surface area contributed by atoms with E-state index in [0.29, 0.717) is 33.0 Å². The van der Waals surface area contributed by atoms with E-state index >= 15 is 0 Å². The molecule has 0 bridgehead atoms. The first-order valence-corrected chi connectivity index (χ1v) is 5.93. The topological polar surface area (TPSA) is 44.5 Å². The van der Waals surface area contributed by atoms with Gasteiger partial charge in [0.15, 0.2) is 5.75 Å². The predicted octanol–water partition coefficient (Wildman–Crippen LogP) is 4.38. The summed E-state index contributed by atoms with van der Waals surface area (Å²) in [4.78, 5) is 0. The third kappa shape index (κ3) is 2.63. The Kier molecular flexibility index (Phi) is 3.84. The van der Waals surface area contributed by atoms with Gasteiger partial charge in [-0.3, -0.25) is 0 Å². The number of benzene rings is 2. The third-order valence-electron chi connectivity index (χ3n) is 2.35. The predicted molar refractivity (Wildman–Crippen MR) is 73.9 cm³/mol. The Morgan fingerprint density at radius 1 is 1.06 bits per heavy atom. The molecule has 0 aromatic heterocycles. The number of nitrogens with two attached hydrogens (primary N) is 1. The highest BCUT2D eigenvalue weighted by Gasteiger charge is 2.09. The standard InChI is InChI=1S/C13H11Cl2NO2/c1-17-8-5-6-11(10(16)7-8)18-12-4-2-3-9(14)13(12)15/h2-7H,16H2,1H3. The van der Waals surface area contributed by atoms with Crippen molar-refractivity contribution >= 4 is 28.9 Å². The zero-order valence-corrected chi connectivity index (χ0v) is 11.1. The van der Waals surface area contributed by atoms with Gasteiger partial charge in [-0.05, 0) is 24.3 Å². The van der Waals surface area contributed by atoms with Gasteiger partial charge in [-0.2, -0.15) is 0 Å². The highest BCUT2D eigenvalue weighted by Crippen LogP contribution is 2.37. The van der Waals surface area contributed by atoms with Crippen molar-refractivity contribution in [3.05, 3.63) is 46.4 Å². The Bertz CT molecular complexity index is 573. The first-order chi connectivity index (χ1) is 8.61. The SMILES string of the molecule is COc1ccc(Oc2cccc(Cl)c2Cl)c(N)c1. The van der Waals surface area contributed by atoms with Crippen LogP contribution in [0.25, 0.3) is 0 Å². The van der Waals surface area contributed by atoms with E-state index in [9.17, 15) is 0 Å². The third-order valence-corrected chi connectivity index (χ3v) is 3.15. The maximum absolute atomic E-state index is 6.03. The van der Waals surface area contributed by atoms with E-state index in [1.54, 1.807) is 43.5 Å². The van der Waals surface area contributed by atoms with Gasteiger partial charge in [0.2, 0.25) is 0 Å². The Morgan fingerprint density at radius 2 is 1.83 bits per heavy atom. The summed E-state index contributed by atoms with van der Waals surface area (Å²) in [6, 6.07) is 10.3. The lowest BCUT2D eigenvalue weighted by atomic mass is 10.2. The fourth-order valence-corrected chi connectivity index (χ4v) is 1.76. The van der Waals surface area contributed by atoms with E-state index in [2.05, 4.69) is 0 Å². The van der Waals surface area contributed by atoms with Gasteiger partial charge in [-0.1, -0.05) is 29.3 Å². The van der Waals surface area contributed by atoms with Crippen molar-refractivity contribution in [2.45, 2.75) is 0 Å². The zero-order chi connectivity index (χ0) is 13.1. The maximum atomic E-state index is 6.03. The second-order valence-electron chi connectivity index (χ2n) is 3.56. The van der Waals surface area contributed by atoms with Crippen molar-refractivity contribution in [2.75, 3.05) is 12.8 Å². The van der Waals surface area contributed by atoms with Crippen molar-refractivity contribution < 1.29 is 9.47 Å². The number of nitrogen functional groups attached to an aromatic ring is 1. The van der Waals surface area contributed by atoms with Gasteiger partial charge in [0.1, 0.15) is 16.5 Å². The van der Waals surface area contributed by atoms with Gasteiger partial charge in [0, 0.05) is 6.07 Å². The molecule has 2 N–H and O–H groups in total. The molecule has 0 saturated carbocycles. The lowest BCUT2D eigenvalue weighted by Crippen LogP contribution is -1.94. The monoisotopic (exact) mass is 283 g/mol. The summed E-state index contributed by atoms with van der Waals surface area (Å²) in [7, 11) is 1.57. The molecule has 0 aliphatic carbocycles. The van der Waals surface area contributed by atoms with Crippen LogP contribution in [0, 0.1) is 0 Å². The fraction of sp³-hybridized carbons (Fsp3) is 0.0769.